The Kier molecular flexibility index (Phi) is 4.70. The molecule has 0 bridgehead atoms. The van der Waals surface area contributed by atoms with Gasteiger partial charge in [0.2, 0.25) is 0 Å². The summed E-state index contributed by atoms with van der Waals surface area (Å²) in [5, 5.41) is 16.1. The van der Waals surface area contributed by atoms with Gasteiger partial charge in [-0.1, -0.05) is 6.92 Å². The van der Waals surface area contributed by atoms with Gasteiger partial charge in [-0.3, -0.25) is 4.79 Å². The van der Waals surface area contributed by atoms with Crippen LogP contribution in [0.2, 0.25) is 0 Å². The number of carbonyl (C=O) groups excluding carboxylic acids is 1. The number of nitrogens with zero attached hydrogens (tertiary/aromatic N) is 3. The number of aliphatic hydroxyl groups excluding tert-OH is 1. The lowest BCUT2D eigenvalue weighted by Gasteiger charge is -2.20. The highest BCUT2D eigenvalue weighted by atomic mass is 16.3. The van der Waals surface area contributed by atoms with E-state index in [-0.39, 0.29) is 24.5 Å². The van der Waals surface area contributed by atoms with E-state index < -0.39 is 0 Å². The van der Waals surface area contributed by atoms with Gasteiger partial charge in [-0.05, 0) is 43.5 Å². The van der Waals surface area contributed by atoms with Crippen LogP contribution in [0.4, 0.5) is 0 Å². The van der Waals surface area contributed by atoms with Gasteiger partial charge in [0.05, 0.1) is 5.69 Å². The summed E-state index contributed by atoms with van der Waals surface area (Å²) in [7, 11) is 0. The van der Waals surface area contributed by atoms with E-state index in [1.807, 2.05) is 32.9 Å². The minimum Gasteiger partial charge on any atom is -0.396 e. The standard InChI is InChI=1S/C15H20N4O2/c1-10-6-13(19-9-16-8-17-19)4-5-14(10)15(21)18-12(3)11(2)7-20/h4-6,8-9,11-12,20H,7H2,1-3H3,(H,18,21). The third-order valence-electron chi connectivity index (χ3n) is 3.64. The molecule has 2 rings (SSSR count). The monoisotopic (exact) mass is 288 g/mol. The average Bonchev–Trinajstić information content (AvgIpc) is 3.00. The van der Waals surface area contributed by atoms with E-state index in [4.69, 9.17) is 5.11 Å². The maximum atomic E-state index is 12.3. The largest absolute Gasteiger partial charge is 0.396 e. The van der Waals surface area contributed by atoms with Crippen molar-refractivity contribution in [2.45, 2.75) is 26.8 Å². The van der Waals surface area contributed by atoms with E-state index in [2.05, 4.69) is 15.4 Å². The number of aryl methyl sites for hydroxylation is 1. The fraction of sp³-hybridized carbons (Fsp3) is 0.400. The highest BCUT2D eigenvalue weighted by Gasteiger charge is 2.16. The number of amides is 1. The number of aliphatic hydroxyl groups is 1. The molecule has 6 heteroatoms. The van der Waals surface area contributed by atoms with Crippen LogP contribution in [0.3, 0.4) is 0 Å². The fourth-order valence-electron chi connectivity index (χ4n) is 1.97. The second-order valence-corrected chi connectivity index (χ2v) is 5.26. The lowest BCUT2D eigenvalue weighted by Crippen LogP contribution is -2.38. The number of hydrogen-bond acceptors (Lipinski definition) is 4. The topological polar surface area (TPSA) is 80.0 Å². The van der Waals surface area contributed by atoms with Crippen LogP contribution in [-0.4, -0.2) is 38.4 Å². The smallest absolute Gasteiger partial charge is 0.251 e. The number of nitrogens with one attached hydrogen (secondary N) is 1. The first-order valence-electron chi connectivity index (χ1n) is 6.90. The molecule has 0 fully saturated rings. The number of hydrogen-bond donors (Lipinski definition) is 2. The molecule has 2 unspecified atom stereocenters. The Bertz CT molecular complexity index is 610. The average molecular weight is 288 g/mol. The minimum atomic E-state index is -0.134. The van der Waals surface area contributed by atoms with E-state index in [1.165, 1.54) is 6.33 Å². The molecular weight excluding hydrogens is 268 g/mol. The van der Waals surface area contributed by atoms with Crippen molar-refractivity contribution in [1.82, 2.24) is 20.1 Å². The Balaban J connectivity index is 2.15. The first-order valence-corrected chi connectivity index (χ1v) is 6.90. The van der Waals surface area contributed by atoms with Gasteiger partial charge < -0.3 is 10.4 Å². The van der Waals surface area contributed by atoms with Crippen LogP contribution in [0.15, 0.2) is 30.9 Å². The second kappa shape index (κ2) is 6.49. The van der Waals surface area contributed by atoms with Gasteiger partial charge in [-0.25, -0.2) is 9.67 Å². The molecule has 0 aliphatic carbocycles. The summed E-state index contributed by atoms with van der Waals surface area (Å²) in [6.45, 7) is 5.71. The zero-order valence-electron chi connectivity index (χ0n) is 12.4. The summed E-state index contributed by atoms with van der Waals surface area (Å²) in [4.78, 5) is 16.2. The Morgan fingerprint density at radius 3 is 2.76 bits per heavy atom. The lowest BCUT2D eigenvalue weighted by molar-refractivity contribution is 0.0915. The third kappa shape index (κ3) is 3.46. The van der Waals surface area contributed by atoms with E-state index in [0.29, 0.717) is 5.56 Å². The molecule has 0 radical (unpaired) electrons. The second-order valence-electron chi connectivity index (χ2n) is 5.26. The van der Waals surface area contributed by atoms with Crippen molar-refractivity contribution in [2.75, 3.05) is 6.61 Å². The van der Waals surface area contributed by atoms with Crippen LogP contribution in [0.5, 0.6) is 0 Å². The molecule has 2 aromatic rings. The van der Waals surface area contributed by atoms with Gasteiger partial charge in [-0.15, -0.1) is 0 Å². The van der Waals surface area contributed by atoms with Crippen molar-refractivity contribution >= 4 is 5.91 Å². The molecule has 0 saturated heterocycles. The molecule has 0 spiro atoms. The van der Waals surface area contributed by atoms with Gasteiger partial charge in [0.15, 0.2) is 0 Å². The van der Waals surface area contributed by atoms with Gasteiger partial charge in [0.25, 0.3) is 5.91 Å². The van der Waals surface area contributed by atoms with Gasteiger partial charge in [0, 0.05) is 18.2 Å². The fourth-order valence-corrected chi connectivity index (χ4v) is 1.97. The van der Waals surface area contributed by atoms with Crippen molar-refractivity contribution in [3.05, 3.63) is 42.0 Å². The first kappa shape index (κ1) is 15.2. The molecule has 1 aromatic carbocycles. The molecule has 21 heavy (non-hydrogen) atoms. The number of carbonyl (C=O) groups is 1. The van der Waals surface area contributed by atoms with Crippen LogP contribution < -0.4 is 5.32 Å². The highest BCUT2D eigenvalue weighted by molar-refractivity contribution is 5.96. The Morgan fingerprint density at radius 1 is 1.43 bits per heavy atom. The van der Waals surface area contributed by atoms with Gasteiger partial charge >= 0.3 is 0 Å². The summed E-state index contributed by atoms with van der Waals surface area (Å²) < 4.78 is 1.64. The van der Waals surface area contributed by atoms with Crippen LogP contribution >= 0.6 is 0 Å². The van der Waals surface area contributed by atoms with Crippen molar-refractivity contribution in [2.24, 2.45) is 5.92 Å². The number of aromatic nitrogens is 3. The SMILES string of the molecule is Cc1cc(-n2cncn2)ccc1C(=O)NC(C)C(C)CO. The maximum Gasteiger partial charge on any atom is 0.251 e. The molecule has 112 valence electrons. The zero-order chi connectivity index (χ0) is 15.4. The molecular formula is C15H20N4O2. The van der Waals surface area contributed by atoms with E-state index in [1.54, 1.807) is 17.1 Å². The first-order chi connectivity index (χ1) is 10.0. The van der Waals surface area contributed by atoms with Crippen molar-refractivity contribution < 1.29 is 9.90 Å². The Morgan fingerprint density at radius 2 is 2.19 bits per heavy atom. The minimum absolute atomic E-state index is 0.0173. The quantitative estimate of drug-likeness (QED) is 0.869. The van der Waals surface area contributed by atoms with E-state index >= 15 is 0 Å². The molecule has 2 atom stereocenters. The predicted molar refractivity (Wildman–Crippen MR) is 79.3 cm³/mol. The summed E-state index contributed by atoms with van der Waals surface area (Å²) in [6.07, 6.45) is 3.08. The van der Waals surface area contributed by atoms with Gasteiger partial charge in [-0.2, -0.15) is 5.10 Å². The number of benzene rings is 1. The summed E-state index contributed by atoms with van der Waals surface area (Å²) in [6, 6.07) is 5.41. The molecule has 0 saturated carbocycles. The molecule has 1 heterocycles. The number of rotatable bonds is 5. The van der Waals surface area contributed by atoms with E-state index in [9.17, 15) is 4.79 Å². The lowest BCUT2D eigenvalue weighted by atomic mass is 10.0. The van der Waals surface area contributed by atoms with E-state index in [0.717, 1.165) is 11.3 Å². The molecule has 0 aliphatic heterocycles. The van der Waals surface area contributed by atoms with Crippen molar-refractivity contribution in [3.63, 3.8) is 0 Å². The normalized spacial score (nSPS) is 13.7. The highest BCUT2D eigenvalue weighted by Crippen LogP contribution is 2.14. The molecule has 0 aliphatic rings. The van der Waals surface area contributed by atoms with Crippen LogP contribution in [0.1, 0.15) is 29.8 Å². The summed E-state index contributed by atoms with van der Waals surface area (Å²) >= 11 is 0. The maximum absolute atomic E-state index is 12.3. The molecule has 2 N–H and O–H groups in total. The summed E-state index contributed by atoms with van der Waals surface area (Å²) in [5.41, 5.74) is 2.35. The van der Waals surface area contributed by atoms with Crippen LogP contribution in [0, 0.1) is 12.8 Å². The van der Waals surface area contributed by atoms with Gasteiger partial charge in [0.1, 0.15) is 12.7 Å². The molecule has 1 aromatic heterocycles. The van der Waals surface area contributed by atoms with Crippen molar-refractivity contribution in [1.29, 1.82) is 0 Å². The molecule has 1 amide bonds. The van der Waals surface area contributed by atoms with Crippen LogP contribution in [0.25, 0.3) is 5.69 Å². The zero-order valence-corrected chi connectivity index (χ0v) is 12.4. The van der Waals surface area contributed by atoms with Crippen molar-refractivity contribution in [3.8, 4) is 5.69 Å². The Hall–Kier alpha value is -2.21. The third-order valence-corrected chi connectivity index (χ3v) is 3.64. The predicted octanol–water partition coefficient (Wildman–Crippen LogP) is 1.32. The summed E-state index contributed by atoms with van der Waals surface area (Å²) in [5.74, 6) is -0.117. The van der Waals surface area contributed by atoms with Crippen LogP contribution in [-0.2, 0) is 0 Å². The molecule has 6 nitrogen and oxygen atoms in total. The Labute approximate surface area is 123 Å².